The van der Waals surface area contributed by atoms with E-state index in [1.807, 2.05) is 25.7 Å². The fourth-order valence-corrected chi connectivity index (χ4v) is 4.70. The monoisotopic (exact) mass is 285 g/mol. The summed E-state index contributed by atoms with van der Waals surface area (Å²) in [4.78, 5) is 2.10. The number of hydrogen-bond acceptors (Lipinski definition) is 4. The predicted octanol–water partition coefficient (Wildman–Crippen LogP) is 1.05. The highest BCUT2D eigenvalue weighted by Crippen LogP contribution is 2.22. The topological polar surface area (TPSA) is 55.2 Å². The molecule has 1 unspecified atom stereocenters. The van der Waals surface area contributed by atoms with Crippen molar-refractivity contribution in [2.75, 3.05) is 19.3 Å². The molecule has 1 fully saturated rings. The molecule has 2 heterocycles. The maximum atomic E-state index is 11.8. The molecule has 1 atom stereocenters. The van der Waals surface area contributed by atoms with Gasteiger partial charge in [0.2, 0.25) is 0 Å². The lowest BCUT2D eigenvalue weighted by molar-refractivity contribution is 0.320. The van der Waals surface area contributed by atoms with Crippen molar-refractivity contribution < 1.29 is 8.42 Å². The first-order valence-corrected chi connectivity index (χ1v) is 8.42. The maximum absolute atomic E-state index is 11.8. The minimum absolute atomic E-state index is 0.185. The van der Waals surface area contributed by atoms with Gasteiger partial charge in [-0.15, -0.1) is 0 Å². The van der Waals surface area contributed by atoms with E-state index in [-0.39, 0.29) is 5.25 Å². The molecule has 6 heteroatoms. The molecule has 0 amide bonds. The molecule has 0 saturated carbocycles. The molecule has 0 N–H and O–H groups in total. The van der Waals surface area contributed by atoms with Crippen molar-refractivity contribution in [1.29, 1.82) is 0 Å². The van der Waals surface area contributed by atoms with Crippen molar-refractivity contribution in [2.45, 2.75) is 38.5 Å². The lowest BCUT2D eigenvalue weighted by Crippen LogP contribution is -2.32. The summed E-state index contributed by atoms with van der Waals surface area (Å²) in [5.41, 5.74) is 3.39. The van der Waals surface area contributed by atoms with E-state index in [9.17, 15) is 8.42 Å². The zero-order valence-electron chi connectivity index (χ0n) is 12.2. The molecule has 1 aliphatic heterocycles. The summed E-state index contributed by atoms with van der Waals surface area (Å²) in [7, 11) is 1.07. The summed E-state index contributed by atoms with van der Waals surface area (Å²) in [6.45, 7) is 5.44. The van der Waals surface area contributed by atoms with Crippen LogP contribution in [0.3, 0.4) is 0 Å². The van der Waals surface area contributed by atoms with Gasteiger partial charge in [-0.05, 0) is 33.7 Å². The van der Waals surface area contributed by atoms with Gasteiger partial charge in [0.05, 0.1) is 16.7 Å². The van der Waals surface area contributed by atoms with Crippen LogP contribution in [0.15, 0.2) is 0 Å². The Kier molecular flexibility index (Phi) is 4.01. The van der Waals surface area contributed by atoms with Crippen LogP contribution in [0.4, 0.5) is 0 Å². The summed E-state index contributed by atoms with van der Waals surface area (Å²) in [6, 6.07) is 0. The SMILES string of the molecule is Cc1nn(C)c(C)c1CN(C)CC1CCCS1(=O)=O. The second kappa shape index (κ2) is 5.25. The molecule has 1 aliphatic rings. The summed E-state index contributed by atoms with van der Waals surface area (Å²) < 4.78 is 25.6. The van der Waals surface area contributed by atoms with Crippen LogP contribution in [0.1, 0.15) is 29.8 Å². The zero-order chi connectivity index (χ0) is 14.2. The molecule has 19 heavy (non-hydrogen) atoms. The van der Waals surface area contributed by atoms with Gasteiger partial charge in [0.1, 0.15) is 0 Å². The largest absolute Gasteiger partial charge is 0.301 e. The molecule has 0 bridgehead atoms. The number of aromatic nitrogens is 2. The van der Waals surface area contributed by atoms with Crippen LogP contribution in [-0.4, -0.2) is 47.7 Å². The Morgan fingerprint density at radius 1 is 1.42 bits per heavy atom. The molecule has 1 aromatic heterocycles. The average Bonchev–Trinajstić information content (AvgIpc) is 2.74. The van der Waals surface area contributed by atoms with E-state index in [0.29, 0.717) is 12.3 Å². The molecule has 5 nitrogen and oxygen atoms in total. The van der Waals surface area contributed by atoms with E-state index in [0.717, 1.165) is 30.8 Å². The predicted molar refractivity (Wildman–Crippen MR) is 75.8 cm³/mol. The van der Waals surface area contributed by atoms with Gasteiger partial charge < -0.3 is 4.90 Å². The minimum atomic E-state index is -2.85. The Balaban J connectivity index is 2.04. The maximum Gasteiger partial charge on any atom is 0.154 e. The van der Waals surface area contributed by atoms with Crippen molar-refractivity contribution >= 4 is 9.84 Å². The van der Waals surface area contributed by atoms with Crippen LogP contribution in [0.25, 0.3) is 0 Å². The van der Waals surface area contributed by atoms with Crippen LogP contribution in [0.5, 0.6) is 0 Å². The van der Waals surface area contributed by atoms with Crippen molar-refractivity contribution in [1.82, 2.24) is 14.7 Å². The highest BCUT2D eigenvalue weighted by atomic mass is 32.2. The van der Waals surface area contributed by atoms with Crippen LogP contribution in [0, 0.1) is 13.8 Å². The third-order valence-corrected chi connectivity index (χ3v) is 6.32. The van der Waals surface area contributed by atoms with E-state index in [4.69, 9.17) is 0 Å². The van der Waals surface area contributed by atoms with E-state index in [2.05, 4.69) is 16.9 Å². The van der Waals surface area contributed by atoms with Crippen LogP contribution >= 0.6 is 0 Å². The number of hydrogen-bond donors (Lipinski definition) is 0. The van der Waals surface area contributed by atoms with Gasteiger partial charge in [-0.25, -0.2) is 8.42 Å². The second-order valence-electron chi connectivity index (χ2n) is 5.60. The summed E-state index contributed by atoms with van der Waals surface area (Å²) >= 11 is 0. The van der Waals surface area contributed by atoms with Gasteiger partial charge >= 0.3 is 0 Å². The van der Waals surface area contributed by atoms with E-state index >= 15 is 0 Å². The third kappa shape index (κ3) is 3.00. The van der Waals surface area contributed by atoms with Gasteiger partial charge in [0, 0.05) is 31.4 Å². The number of rotatable bonds is 4. The highest BCUT2D eigenvalue weighted by molar-refractivity contribution is 7.92. The van der Waals surface area contributed by atoms with Crippen molar-refractivity contribution in [3.63, 3.8) is 0 Å². The van der Waals surface area contributed by atoms with E-state index in [1.54, 1.807) is 0 Å². The quantitative estimate of drug-likeness (QED) is 0.829. The van der Waals surface area contributed by atoms with Crippen molar-refractivity contribution in [3.05, 3.63) is 17.0 Å². The number of sulfone groups is 1. The molecule has 1 saturated heterocycles. The Morgan fingerprint density at radius 3 is 2.58 bits per heavy atom. The lowest BCUT2D eigenvalue weighted by atomic mass is 10.1. The van der Waals surface area contributed by atoms with Crippen LogP contribution in [-0.2, 0) is 23.4 Å². The normalized spacial score (nSPS) is 22.3. The first kappa shape index (κ1) is 14.5. The summed E-state index contributed by atoms with van der Waals surface area (Å²) in [5.74, 6) is 0.358. The summed E-state index contributed by atoms with van der Waals surface area (Å²) in [6.07, 6.45) is 1.61. The fraction of sp³-hybridized carbons (Fsp3) is 0.769. The Hall–Kier alpha value is -0.880. The number of aryl methyl sites for hydroxylation is 2. The lowest BCUT2D eigenvalue weighted by Gasteiger charge is -2.20. The van der Waals surface area contributed by atoms with Gasteiger partial charge in [-0.2, -0.15) is 5.10 Å². The minimum Gasteiger partial charge on any atom is -0.301 e. The first-order valence-electron chi connectivity index (χ1n) is 6.70. The molecule has 0 spiro atoms. The zero-order valence-corrected chi connectivity index (χ0v) is 13.0. The third-order valence-electron chi connectivity index (χ3n) is 4.07. The average molecular weight is 285 g/mol. The van der Waals surface area contributed by atoms with Gasteiger partial charge in [-0.1, -0.05) is 0 Å². The Labute approximate surface area is 115 Å². The summed E-state index contributed by atoms with van der Waals surface area (Å²) in [5, 5.41) is 4.21. The molecule has 0 radical (unpaired) electrons. The van der Waals surface area contributed by atoms with Crippen LogP contribution in [0.2, 0.25) is 0 Å². The molecule has 1 aromatic rings. The first-order chi connectivity index (χ1) is 8.81. The standard InChI is InChI=1S/C13H23N3O2S/c1-10-13(11(2)16(4)14-10)9-15(3)8-12-6-5-7-19(12,17)18/h12H,5-9H2,1-4H3. The Morgan fingerprint density at radius 2 is 2.11 bits per heavy atom. The van der Waals surface area contributed by atoms with Gasteiger partial charge in [0.15, 0.2) is 9.84 Å². The van der Waals surface area contributed by atoms with E-state index < -0.39 is 9.84 Å². The van der Waals surface area contributed by atoms with Gasteiger partial charge in [0.25, 0.3) is 0 Å². The highest BCUT2D eigenvalue weighted by Gasteiger charge is 2.32. The molecule has 108 valence electrons. The molecular formula is C13H23N3O2S. The van der Waals surface area contributed by atoms with Crippen LogP contribution < -0.4 is 0 Å². The molecule has 2 rings (SSSR count). The molecule has 0 aliphatic carbocycles. The number of nitrogens with zero attached hydrogens (tertiary/aromatic N) is 3. The van der Waals surface area contributed by atoms with E-state index in [1.165, 1.54) is 5.56 Å². The fourth-order valence-electron chi connectivity index (χ4n) is 2.79. The molecular weight excluding hydrogens is 262 g/mol. The molecule has 0 aromatic carbocycles. The van der Waals surface area contributed by atoms with Crippen molar-refractivity contribution in [2.24, 2.45) is 7.05 Å². The second-order valence-corrected chi connectivity index (χ2v) is 8.00. The Bertz CT molecular complexity index is 563. The van der Waals surface area contributed by atoms with Gasteiger partial charge in [-0.3, -0.25) is 4.68 Å². The smallest absolute Gasteiger partial charge is 0.154 e. The van der Waals surface area contributed by atoms with Crippen molar-refractivity contribution in [3.8, 4) is 0 Å².